The number of hydrogen-bond acceptors (Lipinski definition) is 6. The lowest BCUT2D eigenvalue weighted by atomic mass is 10.2. The van der Waals surface area contributed by atoms with Crippen molar-refractivity contribution in [2.45, 2.75) is 15.8 Å². The molecule has 0 aliphatic heterocycles. The predicted octanol–water partition coefficient (Wildman–Crippen LogP) is 2.16. The second-order valence-electron chi connectivity index (χ2n) is 2.99. The summed E-state index contributed by atoms with van der Waals surface area (Å²) in [6.07, 6.45) is 1.55. The first-order valence-electron chi connectivity index (χ1n) is 4.65. The molecule has 2 N–H and O–H groups in total. The fourth-order valence-corrected chi connectivity index (χ4v) is 2.80. The number of methoxy groups -OCH3 is 1. The second-order valence-corrected chi connectivity index (χ2v) is 5.06. The maximum atomic E-state index is 5.68. The third kappa shape index (κ3) is 2.52. The molecule has 0 spiro atoms. The van der Waals surface area contributed by atoms with E-state index in [2.05, 4.69) is 9.36 Å². The van der Waals surface area contributed by atoms with Crippen LogP contribution in [0.4, 0.5) is 0 Å². The third-order valence-electron chi connectivity index (χ3n) is 2.03. The number of nitrogens with zero attached hydrogens (tertiary/aromatic N) is 2. The molecule has 0 unspecified atom stereocenters. The van der Waals surface area contributed by atoms with E-state index >= 15 is 0 Å². The molecule has 0 saturated carbocycles. The van der Waals surface area contributed by atoms with Gasteiger partial charge in [-0.1, -0.05) is 17.8 Å². The molecule has 0 radical (unpaired) electrons. The van der Waals surface area contributed by atoms with Crippen LogP contribution in [-0.4, -0.2) is 16.5 Å². The minimum atomic E-state index is 0.505. The Bertz CT molecular complexity index is 459. The molecule has 0 bridgehead atoms. The summed E-state index contributed by atoms with van der Waals surface area (Å²) in [7, 11) is 1.65. The minimum absolute atomic E-state index is 0.505. The van der Waals surface area contributed by atoms with Crippen molar-refractivity contribution < 1.29 is 4.74 Å². The summed E-state index contributed by atoms with van der Waals surface area (Å²) < 4.78 is 10.1. The van der Waals surface area contributed by atoms with Gasteiger partial charge in [-0.05, 0) is 29.2 Å². The zero-order valence-corrected chi connectivity index (χ0v) is 10.3. The molecule has 0 aliphatic carbocycles. The molecule has 1 aromatic carbocycles. The maximum Gasteiger partial charge on any atom is 0.174 e. The average molecular weight is 253 g/mol. The van der Waals surface area contributed by atoms with E-state index in [1.165, 1.54) is 11.5 Å². The van der Waals surface area contributed by atoms with Crippen LogP contribution < -0.4 is 10.5 Å². The molecule has 6 heteroatoms. The fourth-order valence-electron chi connectivity index (χ4n) is 1.23. The molecule has 16 heavy (non-hydrogen) atoms. The number of benzene rings is 1. The first kappa shape index (κ1) is 11.4. The zero-order chi connectivity index (χ0) is 11.4. The van der Waals surface area contributed by atoms with Crippen molar-refractivity contribution >= 4 is 23.3 Å². The molecular formula is C10H11N3OS2. The Morgan fingerprint density at radius 1 is 1.50 bits per heavy atom. The molecule has 1 aromatic heterocycles. The number of aromatic nitrogens is 2. The van der Waals surface area contributed by atoms with E-state index in [9.17, 15) is 0 Å². The van der Waals surface area contributed by atoms with Crippen molar-refractivity contribution in [2.75, 3.05) is 7.11 Å². The van der Waals surface area contributed by atoms with Crippen LogP contribution >= 0.6 is 23.3 Å². The molecular weight excluding hydrogens is 242 g/mol. The van der Waals surface area contributed by atoms with Gasteiger partial charge in [0.2, 0.25) is 0 Å². The largest absolute Gasteiger partial charge is 0.497 e. The summed E-state index contributed by atoms with van der Waals surface area (Å²) in [6, 6.07) is 5.85. The van der Waals surface area contributed by atoms with Crippen LogP contribution in [-0.2, 0) is 6.54 Å². The number of ether oxygens (including phenoxy) is 1. The van der Waals surface area contributed by atoms with Crippen molar-refractivity contribution in [1.82, 2.24) is 9.36 Å². The third-order valence-corrected chi connectivity index (χ3v) is 3.85. The summed E-state index contributed by atoms with van der Waals surface area (Å²) >= 11 is 2.93. The van der Waals surface area contributed by atoms with Crippen LogP contribution in [0.3, 0.4) is 0 Å². The summed E-state index contributed by atoms with van der Waals surface area (Å²) in [5, 5.41) is 0. The van der Waals surface area contributed by atoms with Crippen LogP contribution in [0, 0.1) is 0 Å². The van der Waals surface area contributed by atoms with E-state index in [0.717, 1.165) is 20.5 Å². The first-order valence-corrected chi connectivity index (χ1v) is 6.24. The molecule has 0 fully saturated rings. The van der Waals surface area contributed by atoms with Crippen LogP contribution in [0.1, 0.15) is 5.56 Å². The highest BCUT2D eigenvalue weighted by Crippen LogP contribution is 2.33. The Hall–Kier alpha value is -1.11. The molecule has 0 saturated heterocycles. The number of rotatable bonds is 4. The van der Waals surface area contributed by atoms with Gasteiger partial charge in [0.15, 0.2) is 4.34 Å². The van der Waals surface area contributed by atoms with Crippen LogP contribution in [0.2, 0.25) is 0 Å². The molecule has 84 valence electrons. The fraction of sp³-hybridized carbons (Fsp3) is 0.200. The Kier molecular flexibility index (Phi) is 3.76. The standard InChI is InChI=1S/C10H11N3OS2/c1-14-8-3-2-7(5-11)9(4-8)15-10-12-6-13-16-10/h2-4,6H,5,11H2,1H3. The molecule has 0 atom stereocenters. The number of nitrogens with two attached hydrogens (primary N) is 1. The van der Waals surface area contributed by atoms with Gasteiger partial charge in [0.25, 0.3) is 0 Å². The molecule has 1 heterocycles. The molecule has 0 aliphatic rings. The van der Waals surface area contributed by atoms with E-state index in [-0.39, 0.29) is 0 Å². The van der Waals surface area contributed by atoms with E-state index in [1.54, 1.807) is 25.2 Å². The van der Waals surface area contributed by atoms with Gasteiger partial charge < -0.3 is 10.5 Å². The van der Waals surface area contributed by atoms with Gasteiger partial charge in [-0.3, -0.25) is 0 Å². The average Bonchev–Trinajstić information content (AvgIpc) is 2.82. The van der Waals surface area contributed by atoms with Crippen molar-refractivity contribution in [3.8, 4) is 5.75 Å². The summed E-state index contributed by atoms with van der Waals surface area (Å²) in [4.78, 5) is 5.20. The quantitative estimate of drug-likeness (QED) is 0.904. The maximum absolute atomic E-state index is 5.68. The van der Waals surface area contributed by atoms with Gasteiger partial charge in [0.05, 0.1) is 7.11 Å². The topological polar surface area (TPSA) is 61.0 Å². The predicted molar refractivity (Wildman–Crippen MR) is 64.9 cm³/mol. The Labute approximate surface area is 102 Å². The van der Waals surface area contributed by atoms with Crippen LogP contribution in [0.5, 0.6) is 5.75 Å². The van der Waals surface area contributed by atoms with Gasteiger partial charge in [0, 0.05) is 11.4 Å². The van der Waals surface area contributed by atoms with Gasteiger partial charge in [-0.15, -0.1) is 0 Å². The normalized spacial score (nSPS) is 10.4. The smallest absolute Gasteiger partial charge is 0.174 e. The Balaban J connectivity index is 2.30. The van der Waals surface area contributed by atoms with E-state index < -0.39 is 0 Å². The van der Waals surface area contributed by atoms with Gasteiger partial charge in [-0.2, -0.15) is 4.37 Å². The lowest BCUT2D eigenvalue weighted by Gasteiger charge is -2.07. The SMILES string of the molecule is COc1ccc(CN)c(Sc2ncns2)c1. The van der Waals surface area contributed by atoms with Gasteiger partial charge in [0.1, 0.15) is 12.1 Å². The van der Waals surface area contributed by atoms with Crippen LogP contribution in [0.25, 0.3) is 0 Å². The highest BCUT2D eigenvalue weighted by Gasteiger charge is 2.07. The first-order chi connectivity index (χ1) is 7.83. The van der Waals surface area contributed by atoms with Crippen molar-refractivity contribution in [1.29, 1.82) is 0 Å². The Morgan fingerprint density at radius 3 is 3.00 bits per heavy atom. The summed E-state index contributed by atoms with van der Waals surface area (Å²) in [6.45, 7) is 0.505. The molecule has 2 rings (SSSR count). The molecule has 0 amide bonds. The monoisotopic (exact) mass is 253 g/mol. The molecule has 4 nitrogen and oxygen atoms in total. The van der Waals surface area contributed by atoms with E-state index in [4.69, 9.17) is 10.5 Å². The summed E-state index contributed by atoms with van der Waals surface area (Å²) in [5.41, 5.74) is 6.77. The van der Waals surface area contributed by atoms with Crippen molar-refractivity contribution in [3.05, 3.63) is 30.1 Å². The van der Waals surface area contributed by atoms with Gasteiger partial charge in [-0.25, -0.2) is 4.98 Å². The number of hydrogen-bond donors (Lipinski definition) is 1. The zero-order valence-electron chi connectivity index (χ0n) is 8.71. The minimum Gasteiger partial charge on any atom is -0.497 e. The van der Waals surface area contributed by atoms with E-state index in [1.807, 2.05) is 18.2 Å². The highest BCUT2D eigenvalue weighted by atomic mass is 32.2. The molecule has 2 aromatic rings. The van der Waals surface area contributed by atoms with Crippen LogP contribution in [0.15, 0.2) is 33.8 Å². The summed E-state index contributed by atoms with van der Waals surface area (Å²) in [5.74, 6) is 0.823. The van der Waals surface area contributed by atoms with Crippen molar-refractivity contribution in [2.24, 2.45) is 5.73 Å². The van der Waals surface area contributed by atoms with Crippen molar-refractivity contribution in [3.63, 3.8) is 0 Å². The van der Waals surface area contributed by atoms with E-state index in [0.29, 0.717) is 6.54 Å². The van der Waals surface area contributed by atoms with Gasteiger partial charge >= 0.3 is 0 Å². The lowest BCUT2D eigenvalue weighted by Crippen LogP contribution is -1.98. The Morgan fingerprint density at radius 2 is 2.38 bits per heavy atom. The highest BCUT2D eigenvalue weighted by molar-refractivity contribution is 8.01. The lowest BCUT2D eigenvalue weighted by molar-refractivity contribution is 0.413. The second kappa shape index (κ2) is 5.29.